The fraction of sp³-hybridized carbons (Fsp3) is 0.182. The summed E-state index contributed by atoms with van der Waals surface area (Å²) >= 11 is 0. The van der Waals surface area contributed by atoms with Gasteiger partial charge in [0, 0.05) is 18.3 Å². The van der Waals surface area contributed by atoms with E-state index in [1.165, 1.54) is 31.3 Å². The van der Waals surface area contributed by atoms with Gasteiger partial charge in [0.15, 0.2) is 5.76 Å². The summed E-state index contributed by atoms with van der Waals surface area (Å²) in [5, 5.41) is 2.69. The highest BCUT2D eigenvalue weighted by molar-refractivity contribution is 5.98. The van der Waals surface area contributed by atoms with Crippen molar-refractivity contribution in [2.24, 2.45) is 0 Å². The zero-order valence-corrected chi connectivity index (χ0v) is 16.3. The maximum Gasteiger partial charge on any atom is 0.416 e. The summed E-state index contributed by atoms with van der Waals surface area (Å²) in [5.74, 6) is -0.901. The normalized spacial score (nSPS) is 11.2. The molecule has 0 spiro atoms. The molecule has 1 N–H and O–H groups in total. The van der Waals surface area contributed by atoms with Crippen LogP contribution in [0.25, 0.3) is 11.3 Å². The quantitative estimate of drug-likeness (QED) is 0.638. The van der Waals surface area contributed by atoms with Gasteiger partial charge in [0.25, 0.3) is 5.91 Å². The number of nitrogens with zero attached hydrogens (tertiary/aromatic N) is 1. The topological polar surface area (TPSA) is 62.6 Å². The molecular weight excluding hydrogens is 397 g/mol. The number of rotatable bonds is 5. The van der Waals surface area contributed by atoms with Crippen LogP contribution < -0.4 is 5.32 Å². The lowest BCUT2D eigenvalue weighted by Crippen LogP contribution is -2.34. The fourth-order valence-corrected chi connectivity index (χ4v) is 2.77. The molecule has 2 amide bonds. The molecule has 2 aromatic carbocycles. The van der Waals surface area contributed by atoms with Crippen LogP contribution in [0.3, 0.4) is 0 Å². The number of benzene rings is 2. The van der Waals surface area contributed by atoms with Gasteiger partial charge >= 0.3 is 6.18 Å². The summed E-state index contributed by atoms with van der Waals surface area (Å²) in [6, 6.07) is 14.6. The van der Waals surface area contributed by atoms with Crippen molar-refractivity contribution in [3.63, 3.8) is 0 Å². The van der Waals surface area contributed by atoms with Crippen LogP contribution in [-0.2, 0) is 11.0 Å². The molecule has 0 unspecified atom stereocenters. The first kappa shape index (κ1) is 21.2. The van der Waals surface area contributed by atoms with Gasteiger partial charge in [0.2, 0.25) is 5.91 Å². The number of carbonyl (C=O) groups excluding carboxylic acids is 2. The molecule has 0 aliphatic carbocycles. The summed E-state index contributed by atoms with van der Waals surface area (Å²) in [6.45, 7) is 1.71. The highest BCUT2D eigenvalue weighted by atomic mass is 19.4. The largest absolute Gasteiger partial charge is 0.451 e. The maximum absolute atomic E-state index is 12.9. The van der Waals surface area contributed by atoms with Crippen LogP contribution in [-0.4, -0.2) is 30.3 Å². The monoisotopic (exact) mass is 416 g/mol. The molecule has 30 heavy (non-hydrogen) atoms. The van der Waals surface area contributed by atoms with Gasteiger partial charge in [-0.1, -0.05) is 29.8 Å². The van der Waals surface area contributed by atoms with Crippen LogP contribution in [0.4, 0.5) is 18.9 Å². The van der Waals surface area contributed by atoms with Gasteiger partial charge in [-0.3, -0.25) is 9.59 Å². The van der Waals surface area contributed by atoms with Gasteiger partial charge < -0.3 is 14.6 Å². The molecule has 0 atom stereocenters. The molecule has 0 fully saturated rings. The van der Waals surface area contributed by atoms with Crippen molar-refractivity contribution in [2.45, 2.75) is 13.1 Å². The Labute approximate surface area is 171 Å². The average Bonchev–Trinajstić information content (AvgIpc) is 3.18. The van der Waals surface area contributed by atoms with E-state index < -0.39 is 17.6 Å². The number of halogens is 3. The molecule has 0 saturated heterocycles. The molecular formula is C22H19F3N2O3. The van der Waals surface area contributed by atoms with Gasteiger partial charge in [-0.2, -0.15) is 13.2 Å². The van der Waals surface area contributed by atoms with Gasteiger partial charge in [0.1, 0.15) is 5.76 Å². The van der Waals surface area contributed by atoms with Crippen LogP contribution in [0.5, 0.6) is 0 Å². The second kappa shape index (κ2) is 8.44. The van der Waals surface area contributed by atoms with Crippen LogP contribution in [0.2, 0.25) is 0 Å². The zero-order valence-electron chi connectivity index (χ0n) is 16.3. The number of carbonyl (C=O) groups is 2. The minimum Gasteiger partial charge on any atom is -0.451 e. The third-order valence-electron chi connectivity index (χ3n) is 4.35. The van der Waals surface area contributed by atoms with E-state index in [-0.39, 0.29) is 29.5 Å². The number of aryl methyl sites for hydroxylation is 1. The number of anilines is 1. The van der Waals surface area contributed by atoms with E-state index in [2.05, 4.69) is 5.32 Å². The van der Waals surface area contributed by atoms with Crippen molar-refractivity contribution >= 4 is 17.5 Å². The molecule has 0 radical (unpaired) electrons. The molecule has 1 heterocycles. The Morgan fingerprint density at radius 2 is 1.73 bits per heavy atom. The Morgan fingerprint density at radius 3 is 2.40 bits per heavy atom. The number of hydrogen-bond donors (Lipinski definition) is 1. The summed E-state index contributed by atoms with van der Waals surface area (Å²) in [6.07, 6.45) is -4.48. The summed E-state index contributed by atoms with van der Waals surface area (Å²) in [4.78, 5) is 25.8. The molecule has 3 rings (SSSR count). The number of furan rings is 1. The third kappa shape index (κ3) is 5.08. The van der Waals surface area contributed by atoms with E-state index in [9.17, 15) is 22.8 Å². The van der Waals surface area contributed by atoms with Crippen LogP contribution in [0.1, 0.15) is 21.7 Å². The third-order valence-corrected chi connectivity index (χ3v) is 4.35. The Kier molecular flexibility index (Phi) is 5.96. The summed E-state index contributed by atoms with van der Waals surface area (Å²) in [5.41, 5.74) is 1.05. The number of alkyl halides is 3. The van der Waals surface area contributed by atoms with E-state index in [0.29, 0.717) is 5.69 Å². The van der Waals surface area contributed by atoms with Crippen molar-refractivity contribution in [3.8, 4) is 11.3 Å². The van der Waals surface area contributed by atoms with E-state index >= 15 is 0 Å². The van der Waals surface area contributed by atoms with Crippen molar-refractivity contribution in [2.75, 3.05) is 18.9 Å². The van der Waals surface area contributed by atoms with Crippen LogP contribution >= 0.6 is 0 Å². The number of amides is 2. The molecule has 1 aromatic heterocycles. The SMILES string of the molecule is Cc1ccc(NC(=O)CN(C)C(=O)c2ccc(-c3cccc(C(F)(F)F)c3)o2)cc1. The van der Waals surface area contributed by atoms with Crippen molar-refractivity contribution in [1.29, 1.82) is 0 Å². The predicted octanol–water partition coefficient (Wildman–Crippen LogP) is 4.98. The van der Waals surface area contributed by atoms with E-state index in [1.54, 1.807) is 12.1 Å². The van der Waals surface area contributed by atoms with Crippen LogP contribution in [0.15, 0.2) is 65.1 Å². The fourth-order valence-electron chi connectivity index (χ4n) is 2.77. The second-order valence-corrected chi connectivity index (χ2v) is 6.82. The first-order valence-corrected chi connectivity index (χ1v) is 9.03. The van der Waals surface area contributed by atoms with E-state index in [1.807, 2.05) is 19.1 Å². The first-order valence-electron chi connectivity index (χ1n) is 9.03. The average molecular weight is 416 g/mol. The lowest BCUT2D eigenvalue weighted by molar-refractivity contribution is -0.137. The Bertz CT molecular complexity index is 1060. The van der Waals surface area contributed by atoms with Gasteiger partial charge in [-0.25, -0.2) is 0 Å². The highest BCUT2D eigenvalue weighted by Crippen LogP contribution is 2.32. The Morgan fingerprint density at radius 1 is 1.03 bits per heavy atom. The molecule has 0 aliphatic rings. The predicted molar refractivity (Wildman–Crippen MR) is 106 cm³/mol. The smallest absolute Gasteiger partial charge is 0.416 e. The Hall–Kier alpha value is -3.55. The molecule has 0 bridgehead atoms. The molecule has 5 nitrogen and oxygen atoms in total. The van der Waals surface area contributed by atoms with E-state index in [0.717, 1.165) is 22.6 Å². The number of likely N-dealkylation sites (N-methyl/N-ethyl adjacent to an activating group) is 1. The Balaban J connectivity index is 1.67. The second-order valence-electron chi connectivity index (χ2n) is 6.82. The number of hydrogen-bond acceptors (Lipinski definition) is 3. The minimum absolute atomic E-state index is 0.0759. The van der Waals surface area contributed by atoms with Gasteiger partial charge in [-0.05, 0) is 43.3 Å². The lowest BCUT2D eigenvalue weighted by Gasteiger charge is -2.15. The highest BCUT2D eigenvalue weighted by Gasteiger charge is 2.30. The van der Waals surface area contributed by atoms with Crippen molar-refractivity contribution in [3.05, 3.63) is 77.6 Å². The molecule has 8 heteroatoms. The maximum atomic E-state index is 12.9. The van der Waals surface area contributed by atoms with E-state index in [4.69, 9.17) is 4.42 Å². The first-order chi connectivity index (χ1) is 14.1. The van der Waals surface area contributed by atoms with Crippen molar-refractivity contribution < 1.29 is 27.2 Å². The standard InChI is InChI=1S/C22H19F3N2O3/c1-14-6-8-17(9-7-14)26-20(28)13-27(2)21(29)19-11-10-18(30-19)15-4-3-5-16(12-15)22(23,24)25/h3-12H,13H2,1-2H3,(H,26,28). The minimum atomic E-state index is -4.48. The zero-order chi connectivity index (χ0) is 21.9. The lowest BCUT2D eigenvalue weighted by atomic mass is 10.1. The van der Waals surface area contributed by atoms with Gasteiger partial charge in [0.05, 0.1) is 12.1 Å². The molecule has 3 aromatic rings. The van der Waals surface area contributed by atoms with Crippen molar-refractivity contribution in [1.82, 2.24) is 4.90 Å². The molecule has 156 valence electrons. The summed E-state index contributed by atoms with van der Waals surface area (Å²) in [7, 11) is 1.43. The molecule has 0 aliphatic heterocycles. The van der Waals surface area contributed by atoms with Crippen LogP contribution in [0, 0.1) is 6.92 Å². The summed E-state index contributed by atoms with van der Waals surface area (Å²) < 4.78 is 44.1. The number of nitrogens with one attached hydrogen (secondary N) is 1. The molecule has 0 saturated carbocycles. The van der Waals surface area contributed by atoms with Gasteiger partial charge in [-0.15, -0.1) is 0 Å².